The van der Waals surface area contributed by atoms with Gasteiger partial charge in [0.2, 0.25) is 11.8 Å². The molecule has 3 aromatic rings. The first-order valence-corrected chi connectivity index (χ1v) is 12.7. The van der Waals surface area contributed by atoms with Gasteiger partial charge in [0.05, 0.1) is 23.8 Å². The molecule has 29 heavy (non-hydrogen) atoms. The molecule has 0 bridgehead atoms. The van der Waals surface area contributed by atoms with Crippen molar-refractivity contribution in [1.29, 1.82) is 0 Å². The number of carbonyl (C=O) groups excluding carboxylic acids is 1. The van der Waals surface area contributed by atoms with Gasteiger partial charge in [0.1, 0.15) is 0 Å². The summed E-state index contributed by atoms with van der Waals surface area (Å²) in [5, 5.41) is 10.3. The minimum absolute atomic E-state index is 0.0213. The van der Waals surface area contributed by atoms with E-state index in [2.05, 4.69) is 10.2 Å². The summed E-state index contributed by atoms with van der Waals surface area (Å²) >= 11 is 2.72. The van der Waals surface area contributed by atoms with Gasteiger partial charge in [-0.3, -0.25) is 4.79 Å². The molecule has 3 heterocycles. The quantitative estimate of drug-likeness (QED) is 0.512. The van der Waals surface area contributed by atoms with Gasteiger partial charge in [0, 0.05) is 16.5 Å². The molecule has 7 nitrogen and oxygen atoms in total. The Hall–Kier alpha value is -2.17. The topological polar surface area (TPSA) is 93.4 Å². The lowest BCUT2D eigenvalue weighted by Crippen LogP contribution is -2.41. The molecular weight excluding hydrogens is 430 g/mol. The van der Waals surface area contributed by atoms with Crippen molar-refractivity contribution in [2.45, 2.75) is 24.2 Å². The fourth-order valence-electron chi connectivity index (χ4n) is 3.18. The average Bonchev–Trinajstić information content (AvgIpc) is 3.46. The van der Waals surface area contributed by atoms with Crippen molar-refractivity contribution in [2.75, 3.05) is 17.3 Å². The van der Waals surface area contributed by atoms with E-state index in [0.29, 0.717) is 24.1 Å². The Morgan fingerprint density at radius 1 is 1.21 bits per heavy atom. The Labute approximate surface area is 177 Å². The largest absolute Gasteiger partial charge is 0.411 e. The number of benzene rings is 1. The van der Waals surface area contributed by atoms with Crippen molar-refractivity contribution in [2.24, 2.45) is 0 Å². The Morgan fingerprint density at radius 3 is 2.72 bits per heavy atom. The standard InChI is InChI=1S/C19H19N3O4S3/c23-17(12-28-19-21-20-18(26-19)14-5-2-1-3-6-14)22(11-16-7-4-9-27-16)15-8-10-29(24,25)13-15/h1-7,9,15H,8,10-13H2. The van der Waals surface area contributed by atoms with Crippen LogP contribution in [0.15, 0.2) is 57.5 Å². The molecule has 0 radical (unpaired) electrons. The third-order valence-electron chi connectivity index (χ3n) is 4.62. The van der Waals surface area contributed by atoms with Crippen LogP contribution < -0.4 is 0 Å². The lowest BCUT2D eigenvalue weighted by molar-refractivity contribution is -0.130. The average molecular weight is 450 g/mol. The molecule has 0 spiro atoms. The number of hydrogen-bond donors (Lipinski definition) is 0. The van der Waals surface area contributed by atoms with Crippen molar-refractivity contribution in [3.05, 3.63) is 52.7 Å². The molecule has 1 atom stereocenters. The van der Waals surface area contributed by atoms with Crippen LogP contribution in [0.4, 0.5) is 0 Å². The molecule has 1 aromatic carbocycles. The van der Waals surface area contributed by atoms with Crippen LogP contribution in [0.1, 0.15) is 11.3 Å². The molecule has 1 amide bonds. The van der Waals surface area contributed by atoms with Gasteiger partial charge in [0.25, 0.3) is 5.22 Å². The molecule has 1 aliphatic rings. The highest BCUT2D eigenvalue weighted by molar-refractivity contribution is 7.99. The van der Waals surface area contributed by atoms with Crippen LogP contribution in [0.25, 0.3) is 11.5 Å². The van der Waals surface area contributed by atoms with Crippen LogP contribution in [0.2, 0.25) is 0 Å². The highest BCUT2D eigenvalue weighted by Crippen LogP contribution is 2.26. The molecule has 152 valence electrons. The number of hydrogen-bond acceptors (Lipinski definition) is 8. The Morgan fingerprint density at radius 2 is 2.03 bits per heavy atom. The zero-order chi connectivity index (χ0) is 20.3. The minimum Gasteiger partial charge on any atom is -0.411 e. The van der Waals surface area contributed by atoms with Gasteiger partial charge >= 0.3 is 0 Å². The van der Waals surface area contributed by atoms with Crippen LogP contribution in [-0.2, 0) is 21.2 Å². The van der Waals surface area contributed by atoms with Gasteiger partial charge < -0.3 is 9.32 Å². The number of amides is 1. The predicted octanol–water partition coefficient (Wildman–Crippen LogP) is 3.11. The van der Waals surface area contributed by atoms with Crippen molar-refractivity contribution in [3.8, 4) is 11.5 Å². The lowest BCUT2D eigenvalue weighted by Gasteiger charge is -2.27. The fraction of sp³-hybridized carbons (Fsp3) is 0.316. The highest BCUT2D eigenvalue weighted by atomic mass is 32.2. The van der Waals surface area contributed by atoms with Crippen LogP contribution in [0.3, 0.4) is 0 Å². The molecular formula is C19H19N3O4S3. The highest BCUT2D eigenvalue weighted by Gasteiger charge is 2.34. The van der Waals surface area contributed by atoms with E-state index in [1.54, 1.807) is 16.2 Å². The molecule has 2 aromatic heterocycles. The second-order valence-corrected chi connectivity index (χ2v) is 10.9. The normalized spacial score (nSPS) is 18.0. The monoisotopic (exact) mass is 449 g/mol. The van der Waals surface area contributed by atoms with E-state index < -0.39 is 9.84 Å². The van der Waals surface area contributed by atoms with Crippen LogP contribution >= 0.6 is 23.1 Å². The van der Waals surface area contributed by atoms with Gasteiger partial charge in [-0.2, -0.15) is 0 Å². The van der Waals surface area contributed by atoms with E-state index in [9.17, 15) is 13.2 Å². The third kappa shape index (κ3) is 5.06. The smallest absolute Gasteiger partial charge is 0.277 e. The van der Waals surface area contributed by atoms with E-state index in [-0.39, 0.29) is 29.2 Å². The maximum absolute atomic E-state index is 12.9. The summed E-state index contributed by atoms with van der Waals surface area (Å²) in [7, 11) is -3.09. The van der Waals surface area contributed by atoms with Gasteiger partial charge in [-0.25, -0.2) is 8.42 Å². The number of rotatable bonds is 7. The van der Waals surface area contributed by atoms with Crippen molar-refractivity contribution in [1.82, 2.24) is 15.1 Å². The van der Waals surface area contributed by atoms with Crippen molar-refractivity contribution in [3.63, 3.8) is 0 Å². The molecule has 1 aliphatic heterocycles. The second-order valence-electron chi connectivity index (χ2n) is 6.69. The van der Waals surface area contributed by atoms with Crippen LogP contribution in [0, 0.1) is 0 Å². The first-order chi connectivity index (χ1) is 14.0. The van der Waals surface area contributed by atoms with Gasteiger partial charge in [-0.15, -0.1) is 21.5 Å². The van der Waals surface area contributed by atoms with E-state index in [1.165, 1.54) is 11.8 Å². The zero-order valence-corrected chi connectivity index (χ0v) is 17.9. The predicted molar refractivity (Wildman–Crippen MR) is 112 cm³/mol. The molecule has 1 saturated heterocycles. The molecule has 4 rings (SSSR count). The SMILES string of the molecule is O=C(CSc1nnc(-c2ccccc2)o1)N(Cc1cccs1)C1CCS(=O)(=O)C1. The maximum Gasteiger partial charge on any atom is 0.277 e. The Kier molecular flexibility index (Phi) is 6.02. The Balaban J connectivity index is 1.43. The number of thiophene rings is 1. The van der Waals surface area contributed by atoms with Gasteiger partial charge in [0.15, 0.2) is 9.84 Å². The van der Waals surface area contributed by atoms with E-state index in [0.717, 1.165) is 10.4 Å². The summed E-state index contributed by atoms with van der Waals surface area (Å²) in [6.07, 6.45) is 0.475. The minimum atomic E-state index is -3.09. The third-order valence-corrected chi connectivity index (χ3v) is 8.04. The molecule has 0 N–H and O–H groups in total. The van der Waals surface area contributed by atoms with Crippen molar-refractivity contribution < 1.29 is 17.6 Å². The molecule has 0 saturated carbocycles. The van der Waals surface area contributed by atoms with Crippen molar-refractivity contribution >= 4 is 38.8 Å². The van der Waals surface area contributed by atoms with Gasteiger partial charge in [-0.05, 0) is 30.0 Å². The molecule has 1 fully saturated rings. The number of sulfone groups is 1. The number of aromatic nitrogens is 2. The molecule has 1 unspecified atom stereocenters. The second kappa shape index (κ2) is 8.68. The van der Waals surface area contributed by atoms with E-state index in [4.69, 9.17) is 4.42 Å². The molecule has 10 heteroatoms. The van der Waals surface area contributed by atoms with E-state index in [1.807, 2.05) is 47.8 Å². The summed E-state index contributed by atoms with van der Waals surface area (Å²) in [6, 6.07) is 13.0. The summed E-state index contributed by atoms with van der Waals surface area (Å²) < 4.78 is 29.5. The summed E-state index contributed by atoms with van der Waals surface area (Å²) in [5.41, 5.74) is 0.814. The summed E-state index contributed by atoms with van der Waals surface area (Å²) in [5.74, 6) is 0.525. The first-order valence-electron chi connectivity index (χ1n) is 9.04. The lowest BCUT2D eigenvalue weighted by atomic mass is 10.2. The zero-order valence-electron chi connectivity index (χ0n) is 15.4. The van der Waals surface area contributed by atoms with E-state index >= 15 is 0 Å². The maximum atomic E-state index is 12.9. The summed E-state index contributed by atoms with van der Waals surface area (Å²) in [4.78, 5) is 15.6. The number of nitrogens with zero attached hydrogens (tertiary/aromatic N) is 3. The summed E-state index contributed by atoms with van der Waals surface area (Å²) in [6.45, 7) is 0.413. The molecule has 0 aliphatic carbocycles. The number of thioether (sulfide) groups is 1. The Bertz CT molecular complexity index is 1070. The van der Waals surface area contributed by atoms with Gasteiger partial charge in [-0.1, -0.05) is 36.0 Å². The number of carbonyl (C=O) groups is 1. The first kappa shape index (κ1) is 20.1. The fourth-order valence-corrected chi connectivity index (χ4v) is 6.27. The van der Waals surface area contributed by atoms with Crippen LogP contribution in [-0.4, -0.2) is 52.7 Å². The van der Waals surface area contributed by atoms with Crippen LogP contribution in [0.5, 0.6) is 0 Å².